The molecule has 2 fully saturated rings. The Morgan fingerprint density at radius 1 is 1.06 bits per heavy atom. The molecular weight excluding hydrogens is 408 g/mol. The molecule has 2 aliphatic rings. The quantitative estimate of drug-likeness (QED) is 0.520. The summed E-state index contributed by atoms with van der Waals surface area (Å²) in [7, 11) is 1.78. The molecule has 1 amide bonds. The van der Waals surface area contributed by atoms with Gasteiger partial charge in [0.15, 0.2) is 5.96 Å². The molecular formula is C25H31ClN4O. The molecule has 1 aliphatic heterocycles. The minimum Gasteiger partial charge on any atom is -0.356 e. The van der Waals surface area contributed by atoms with E-state index in [1.54, 1.807) is 7.05 Å². The minimum atomic E-state index is 0.140. The Labute approximate surface area is 189 Å². The summed E-state index contributed by atoms with van der Waals surface area (Å²) >= 11 is 6.19. The van der Waals surface area contributed by atoms with Gasteiger partial charge in [0.2, 0.25) is 0 Å². The number of nitrogens with one attached hydrogen (secondary N) is 2. The Hall–Kier alpha value is -2.53. The van der Waals surface area contributed by atoms with Gasteiger partial charge in [-0.3, -0.25) is 9.79 Å². The van der Waals surface area contributed by atoms with Gasteiger partial charge < -0.3 is 15.5 Å². The topological polar surface area (TPSA) is 56.7 Å². The number of halogens is 1. The second-order valence-electron chi connectivity index (χ2n) is 8.62. The number of amides is 1. The number of likely N-dealkylation sites (tertiary alicyclic amines) is 1. The first kappa shape index (κ1) is 21.7. The largest absolute Gasteiger partial charge is 0.356 e. The van der Waals surface area contributed by atoms with E-state index in [-0.39, 0.29) is 11.3 Å². The van der Waals surface area contributed by atoms with E-state index in [0.717, 1.165) is 67.4 Å². The highest BCUT2D eigenvalue weighted by molar-refractivity contribution is 6.30. The van der Waals surface area contributed by atoms with Gasteiger partial charge in [0.1, 0.15) is 0 Å². The number of carbonyl (C=O) groups is 1. The molecule has 0 bridgehead atoms. The Bertz CT molecular complexity index is 948. The molecule has 0 radical (unpaired) electrons. The normalized spacial score (nSPS) is 17.9. The van der Waals surface area contributed by atoms with Crippen molar-refractivity contribution in [1.82, 2.24) is 15.5 Å². The van der Waals surface area contributed by atoms with Crippen molar-refractivity contribution in [2.24, 2.45) is 4.99 Å². The standard InChI is InChI=1S/C25H31ClN4O/c1-27-24(29-18-25(11-12-25)21-9-6-10-22(26)16-21)28-17-19-7-5-8-20(15-19)23(31)30-13-3-2-4-14-30/h5-10,15-16H,2-4,11-14,17-18H2,1H3,(H2,27,28,29). The van der Waals surface area contributed by atoms with Crippen molar-refractivity contribution >= 4 is 23.5 Å². The summed E-state index contributed by atoms with van der Waals surface area (Å²) in [4.78, 5) is 19.1. The molecule has 4 rings (SSSR count). The Morgan fingerprint density at radius 3 is 2.55 bits per heavy atom. The molecule has 2 N–H and O–H groups in total. The van der Waals surface area contributed by atoms with Crippen molar-refractivity contribution in [3.8, 4) is 0 Å². The molecule has 0 aromatic heterocycles. The third kappa shape index (κ3) is 5.40. The van der Waals surface area contributed by atoms with Gasteiger partial charge in [0.05, 0.1) is 0 Å². The third-order valence-electron chi connectivity index (χ3n) is 6.39. The number of guanidine groups is 1. The van der Waals surface area contributed by atoms with Crippen molar-refractivity contribution < 1.29 is 4.79 Å². The van der Waals surface area contributed by atoms with Gasteiger partial charge in [-0.2, -0.15) is 0 Å². The third-order valence-corrected chi connectivity index (χ3v) is 6.62. The fraction of sp³-hybridized carbons (Fsp3) is 0.440. The maximum absolute atomic E-state index is 12.8. The van der Waals surface area contributed by atoms with Crippen LogP contribution in [0.4, 0.5) is 0 Å². The van der Waals surface area contributed by atoms with E-state index in [9.17, 15) is 4.79 Å². The van der Waals surface area contributed by atoms with Crippen molar-refractivity contribution in [2.75, 3.05) is 26.7 Å². The molecule has 0 spiro atoms. The van der Waals surface area contributed by atoms with Crippen LogP contribution in [0.15, 0.2) is 53.5 Å². The van der Waals surface area contributed by atoms with E-state index < -0.39 is 0 Å². The van der Waals surface area contributed by atoms with Crippen LogP contribution in [-0.2, 0) is 12.0 Å². The monoisotopic (exact) mass is 438 g/mol. The molecule has 6 heteroatoms. The van der Waals surface area contributed by atoms with Crippen molar-refractivity contribution in [3.05, 3.63) is 70.2 Å². The average Bonchev–Trinajstić information content (AvgIpc) is 3.61. The maximum atomic E-state index is 12.8. The number of rotatable bonds is 6. The van der Waals surface area contributed by atoms with Crippen LogP contribution in [0.3, 0.4) is 0 Å². The molecule has 0 unspecified atom stereocenters. The predicted molar refractivity (Wildman–Crippen MR) is 127 cm³/mol. The number of aliphatic imine (C=N–C) groups is 1. The smallest absolute Gasteiger partial charge is 0.253 e. The van der Waals surface area contributed by atoms with Crippen molar-refractivity contribution in [2.45, 2.75) is 44.1 Å². The molecule has 2 aromatic rings. The molecule has 5 nitrogen and oxygen atoms in total. The highest BCUT2D eigenvalue weighted by Gasteiger charge is 2.44. The Kier molecular flexibility index (Phi) is 6.81. The van der Waals surface area contributed by atoms with Gasteiger partial charge in [-0.05, 0) is 67.5 Å². The summed E-state index contributed by atoms with van der Waals surface area (Å²) in [6, 6.07) is 16.1. The van der Waals surface area contributed by atoms with Crippen molar-refractivity contribution in [3.63, 3.8) is 0 Å². The Balaban J connectivity index is 1.32. The lowest BCUT2D eigenvalue weighted by atomic mass is 9.96. The number of carbonyl (C=O) groups excluding carboxylic acids is 1. The van der Waals surface area contributed by atoms with Crippen LogP contribution < -0.4 is 10.6 Å². The summed E-state index contributed by atoms with van der Waals surface area (Å²) < 4.78 is 0. The lowest BCUT2D eigenvalue weighted by molar-refractivity contribution is 0.0724. The second kappa shape index (κ2) is 9.73. The lowest BCUT2D eigenvalue weighted by Crippen LogP contribution is -2.41. The molecule has 31 heavy (non-hydrogen) atoms. The lowest BCUT2D eigenvalue weighted by Gasteiger charge is -2.26. The van der Waals surface area contributed by atoms with Gasteiger partial charge in [-0.15, -0.1) is 0 Å². The van der Waals surface area contributed by atoms with E-state index in [1.165, 1.54) is 12.0 Å². The molecule has 2 aromatic carbocycles. The van der Waals surface area contributed by atoms with E-state index in [2.05, 4.69) is 27.8 Å². The van der Waals surface area contributed by atoms with Gasteiger partial charge in [0, 0.05) is 49.2 Å². The SMILES string of the molecule is CN=C(NCc1cccc(C(=O)N2CCCCC2)c1)NCC1(c2cccc(Cl)c2)CC1. The van der Waals surface area contributed by atoms with Gasteiger partial charge >= 0.3 is 0 Å². The zero-order chi connectivity index (χ0) is 21.7. The van der Waals surface area contributed by atoms with Crippen LogP contribution in [0.5, 0.6) is 0 Å². The zero-order valence-electron chi connectivity index (χ0n) is 18.2. The molecule has 1 aliphatic carbocycles. The summed E-state index contributed by atoms with van der Waals surface area (Å²) in [5, 5.41) is 7.64. The highest BCUT2D eigenvalue weighted by atomic mass is 35.5. The highest BCUT2D eigenvalue weighted by Crippen LogP contribution is 2.48. The average molecular weight is 439 g/mol. The van der Waals surface area contributed by atoms with E-state index in [1.807, 2.05) is 41.3 Å². The molecule has 0 atom stereocenters. The molecule has 1 saturated carbocycles. The number of hydrogen-bond donors (Lipinski definition) is 2. The van der Waals surface area contributed by atoms with Crippen LogP contribution in [0.1, 0.15) is 53.6 Å². The predicted octanol–water partition coefficient (Wildman–Crippen LogP) is 4.36. The maximum Gasteiger partial charge on any atom is 0.253 e. The van der Waals surface area contributed by atoms with Gasteiger partial charge in [-0.25, -0.2) is 0 Å². The summed E-state index contributed by atoms with van der Waals surface area (Å²) in [6.45, 7) is 3.17. The number of piperidine rings is 1. The molecule has 1 saturated heterocycles. The van der Waals surface area contributed by atoms with Gasteiger partial charge in [0.25, 0.3) is 5.91 Å². The van der Waals surface area contributed by atoms with Crippen LogP contribution in [-0.4, -0.2) is 43.4 Å². The van der Waals surface area contributed by atoms with E-state index in [4.69, 9.17) is 11.6 Å². The fourth-order valence-corrected chi connectivity index (χ4v) is 4.48. The number of nitrogens with zero attached hydrogens (tertiary/aromatic N) is 2. The number of benzene rings is 2. The van der Waals surface area contributed by atoms with E-state index in [0.29, 0.717) is 6.54 Å². The first-order chi connectivity index (χ1) is 15.1. The first-order valence-electron chi connectivity index (χ1n) is 11.2. The van der Waals surface area contributed by atoms with Gasteiger partial charge in [-0.1, -0.05) is 35.9 Å². The Morgan fingerprint density at radius 2 is 1.84 bits per heavy atom. The summed E-state index contributed by atoms with van der Waals surface area (Å²) in [6.07, 6.45) is 5.73. The first-order valence-corrected chi connectivity index (χ1v) is 11.6. The molecule has 164 valence electrons. The van der Waals surface area contributed by atoms with E-state index >= 15 is 0 Å². The van der Waals surface area contributed by atoms with Crippen LogP contribution in [0, 0.1) is 0 Å². The van der Waals surface area contributed by atoms with Crippen molar-refractivity contribution in [1.29, 1.82) is 0 Å². The zero-order valence-corrected chi connectivity index (χ0v) is 18.9. The second-order valence-corrected chi connectivity index (χ2v) is 9.06. The van der Waals surface area contributed by atoms with Crippen LogP contribution in [0.2, 0.25) is 5.02 Å². The minimum absolute atomic E-state index is 0.140. The van der Waals surface area contributed by atoms with Crippen LogP contribution in [0.25, 0.3) is 0 Å². The fourth-order valence-electron chi connectivity index (χ4n) is 4.29. The summed E-state index contributed by atoms with van der Waals surface area (Å²) in [5.41, 5.74) is 3.26. The molecule has 1 heterocycles. The summed E-state index contributed by atoms with van der Waals surface area (Å²) in [5.74, 6) is 0.905. The van der Waals surface area contributed by atoms with Crippen LogP contribution >= 0.6 is 11.6 Å². The number of hydrogen-bond acceptors (Lipinski definition) is 2.